The third-order valence-electron chi connectivity index (χ3n) is 4.23. The van der Waals surface area contributed by atoms with Crippen LogP contribution in [0.4, 0.5) is 10.1 Å². The SMILES string of the molecule is CC(NCc1cc(Br)ccc1F)c1ccc(NC(=O)C2CC2)cc1.Cl. The number of hydrogen-bond donors (Lipinski definition) is 2. The van der Waals surface area contributed by atoms with Gasteiger partial charge in [-0.15, -0.1) is 12.4 Å². The molecule has 6 heteroatoms. The second kappa shape index (κ2) is 8.79. The molecule has 1 aliphatic carbocycles. The van der Waals surface area contributed by atoms with Gasteiger partial charge in [0.15, 0.2) is 0 Å². The van der Waals surface area contributed by atoms with E-state index in [1.165, 1.54) is 6.07 Å². The lowest BCUT2D eigenvalue weighted by Crippen LogP contribution is -2.19. The van der Waals surface area contributed by atoms with E-state index in [9.17, 15) is 9.18 Å². The van der Waals surface area contributed by atoms with Gasteiger partial charge in [-0.1, -0.05) is 28.1 Å². The van der Waals surface area contributed by atoms with Crippen molar-refractivity contribution in [3.63, 3.8) is 0 Å². The monoisotopic (exact) mass is 426 g/mol. The van der Waals surface area contributed by atoms with Crippen molar-refractivity contribution in [2.45, 2.75) is 32.4 Å². The Hall–Kier alpha value is -1.43. The molecule has 0 spiro atoms. The first kappa shape index (κ1) is 19.9. The highest BCUT2D eigenvalue weighted by Gasteiger charge is 2.29. The van der Waals surface area contributed by atoms with Crippen molar-refractivity contribution >= 4 is 39.9 Å². The number of nitrogens with one attached hydrogen (secondary N) is 2. The molecule has 1 atom stereocenters. The van der Waals surface area contributed by atoms with Crippen LogP contribution >= 0.6 is 28.3 Å². The van der Waals surface area contributed by atoms with Crippen molar-refractivity contribution in [3.8, 4) is 0 Å². The van der Waals surface area contributed by atoms with Crippen LogP contribution in [0.1, 0.15) is 36.9 Å². The fraction of sp³-hybridized carbons (Fsp3) is 0.316. The zero-order valence-corrected chi connectivity index (χ0v) is 16.3. The Morgan fingerprint density at radius 2 is 1.92 bits per heavy atom. The summed E-state index contributed by atoms with van der Waals surface area (Å²) >= 11 is 3.36. The Balaban J connectivity index is 0.00000225. The zero-order valence-electron chi connectivity index (χ0n) is 13.9. The molecular weight excluding hydrogens is 407 g/mol. The third-order valence-corrected chi connectivity index (χ3v) is 4.73. The van der Waals surface area contributed by atoms with Crippen LogP contribution in [0.2, 0.25) is 0 Å². The molecule has 2 aromatic rings. The summed E-state index contributed by atoms with van der Waals surface area (Å²) in [5.41, 5.74) is 2.54. The summed E-state index contributed by atoms with van der Waals surface area (Å²) < 4.78 is 14.6. The normalized spacial score (nSPS) is 14.5. The topological polar surface area (TPSA) is 41.1 Å². The quantitative estimate of drug-likeness (QED) is 0.664. The molecule has 0 aliphatic heterocycles. The van der Waals surface area contributed by atoms with Gasteiger partial charge in [-0.05, 0) is 55.7 Å². The third kappa shape index (κ3) is 5.53. The minimum absolute atomic E-state index is 0. The van der Waals surface area contributed by atoms with Crippen LogP contribution in [-0.4, -0.2) is 5.91 Å². The van der Waals surface area contributed by atoms with E-state index in [0.29, 0.717) is 12.1 Å². The predicted octanol–water partition coefficient (Wildman–Crippen LogP) is 5.21. The van der Waals surface area contributed by atoms with Gasteiger partial charge < -0.3 is 10.6 Å². The molecule has 0 radical (unpaired) electrons. The lowest BCUT2D eigenvalue weighted by atomic mass is 10.1. The molecule has 0 bridgehead atoms. The highest BCUT2D eigenvalue weighted by atomic mass is 79.9. The summed E-state index contributed by atoms with van der Waals surface area (Å²) in [4.78, 5) is 11.7. The van der Waals surface area contributed by atoms with Crippen LogP contribution in [-0.2, 0) is 11.3 Å². The molecule has 134 valence electrons. The van der Waals surface area contributed by atoms with Crippen molar-refractivity contribution in [2.24, 2.45) is 5.92 Å². The molecule has 25 heavy (non-hydrogen) atoms. The lowest BCUT2D eigenvalue weighted by Gasteiger charge is -2.15. The van der Waals surface area contributed by atoms with Gasteiger partial charge in [0, 0.05) is 34.2 Å². The van der Waals surface area contributed by atoms with Crippen LogP contribution in [0, 0.1) is 11.7 Å². The first-order valence-electron chi connectivity index (χ1n) is 8.11. The van der Waals surface area contributed by atoms with Crippen molar-refractivity contribution in [1.29, 1.82) is 0 Å². The van der Waals surface area contributed by atoms with Crippen molar-refractivity contribution < 1.29 is 9.18 Å². The van der Waals surface area contributed by atoms with Crippen molar-refractivity contribution in [1.82, 2.24) is 5.32 Å². The first-order chi connectivity index (χ1) is 11.5. The molecule has 1 aliphatic rings. The number of halogens is 3. The summed E-state index contributed by atoms with van der Waals surface area (Å²) in [5, 5.41) is 6.25. The van der Waals surface area contributed by atoms with Crippen LogP contribution in [0.15, 0.2) is 46.9 Å². The average Bonchev–Trinajstić information content (AvgIpc) is 3.41. The fourth-order valence-electron chi connectivity index (χ4n) is 2.50. The predicted molar refractivity (Wildman–Crippen MR) is 104 cm³/mol. The maximum absolute atomic E-state index is 13.8. The number of amides is 1. The Morgan fingerprint density at radius 1 is 1.24 bits per heavy atom. The fourth-order valence-corrected chi connectivity index (χ4v) is 2.91. The maximum atomic E-state index is 13.8. The minimum Gasteiger partial charge on any atom is -0.326 e. The van der Waals surface area contributed by atoms with Gasteiger partial charge >= 0.3 is 0 Å². The first-order valence-corrected chi connectivity index (χ1v) is 8.90. The number of carbonyl (C=O) groups excluding carboxylic acids is 1. The Kier molecular flexibility index (Phi) is 6.99. The van der Waals surface area contributed by atoms with E-state index >= 15 is 0 Å². The molecule has 1 saturated carbocycles. The summed E-state index contributed by atoms with van der Waals surface area (Å²) in [5.74, 6) is 0.0976. The van der Waals surface area contributed by atoms with Gasteiger partial charge in [0.05, 0.1) is 0 Å². The van der Waals surface area contributed by atoms with Crippen molar-refractivity contribution in [3.05, 3.63) is 63.9 Å². The molecule has 3 rings (SSSR count). The standard InChI is InChI=1S/C19H20BrFN2O.ClH/c1-12(22-11-15-10-16(20)6-9-18(15)21)13-4-7-17(8-5-13)23-19(24)14-2-3-14;/h4-10,12,14,22H,2-3,11H2,1H3,(H,23,24);1H. The molecule has 3 nitrogen and oxygen atoms in total. The van der Waals surface area contributed by atoms with E-state index in [2.05, 4.69) is 26.6 Å². The molecule has 0 saturated heterocycles. The molecule has 1 fully saturated rings. The zero-order chi connectivity index (χ0) is 17.1. The second-order valence-electron chi connectivity index (χ2n) is 6.22. The van der Waals surface area contributed by atoms with Gasteiger partial charge in [-0.2, -0.15) is 0 Å². The van der Waals surface area contributed by atoms with Gasteiger partial charge in [0.25, 0.3) is 0 Å². The van der Waals surface area contributed by atoms with E-state index in [0.717, 1.165) is 28.6 Å². The highest BCUT2D eigenvalue weighted by Crippen LogP contribution is 2.30. The largest absolute Gasteiger partial charge is 0.326 e. The molecule has 1 unspecified atom stereocenters. The van der Waals surface area contributed by atoms with Crippen molar-refractivity contribution in [2.75, 3.05) is 5.32 Å². The number of rotatable bonds is 6. The average molecular weight is 428 g/mol. The van der Waals surface area contributed by atoms with Crippen LogP contribution in [0.3, 0.4) is 0 Å². The summed E-state index contributed by atoms with van der Waals surface area (Å²) in [6, 6.07) is 12.8. The number of benzene rings is 2. The molecule has 2 N–H and O–H groups in total. The molecule has 0 heterocycles. The molecular formula is C19H21BrClFN2O. The number of hydrogen-bond acceptors (Lipinski definition) is 2. The van der Waals surface area contributed by atoms with E-state index in [1.54, 1.807) is 12.1 Å². The van der Waals surface area contributed by atoms with Crippen LogP contribution in [0.5, 0.6) is 0 Å². The van der Waals surface area contributed by atoms with E-state index in [-0.39, 0.29) is 36.1 Å². The summed E-state index contributed by atoms with van der Waals surface area (Å²) in [6.07, 6.45) is 1.99. The summed E-state index contributed by atoms with van der Waals surface area (Å²) in [7, 11) is 0. The summed E-state index contributed by atoms with van der Waals surface area (Å²) in [6.45, 7) is 2.49. The number of carbonyl (C=O) groups is 1. The molecule has 1 amide bonds. The Bertz CT molecular complexity index is 735. The smallest absolute Gasteiger partial charge is 0.227 e. The van der Waals surface area contributed by atoms with E-state index in [1.807, 2.05) is 31.2 Å². The number of anilines is 1. The Labute approximate surface area is 161 Å². The van der Waals surface area contributed by atoms with Gasteiger partial charge in [-0.25, -0.2) is 4.39 Å². The highest BCUT2D eigenvalue weighted by molar-refractivity contribution is 9.10. The van der Waals surface area contributed by atoms with Gasteiger partial charge in [0.2, 0.25) is 5.91 Å². The Morgan fingerprint density at radius 3 is 2.56 bits per heavy atom. The van der Waals surface area contributed by atoms with Gasteiger partial charge in [-0.3, -0.25) is 4.79 Å². The minimum atomic E-state index is -0.212. The lowest BCUT2D eigenvalue weighted by molar-refractivity contribution is -0.117. The molecule has 0 aromatic heterocycles. The van der Waals surface area contributed by atoms with E-state index in [4.69, 9.17) is 0 Å². The van der Waals surface area contributed by atoms with Crippen LogP contribution in [0.25, 0.3) is 0 Å². The second-order valence-corrected chi connectivity index (χ2v) is 7.14. The molecule has 2 aromatic carbocycles. The van der Waals surface area contributed by atoms with Gasteiger partial charge in [0.1, 0.15) is 5.82 Å². The van der Waals surface area contributed by atoms with Crippen LogP contribution < -0.4 is 10.6 Å². The maximum Gasteiger partial charge on any atom is 0.227 e. The van der Waals surface area contributed by atoms with E-state index < -0.39 is 0 Å².